The number of carbonyl (C=O) groups excluding carboxylic acids is 2. The Kier molecular flexibility index (Phi) is 3.04. The maximum absolute atomic E-state index is 12.1. The molecular weight excluding hydrogens is 300 g/mol. The highest BCUT2D eigenvalue weighted by molar-refractivity contribution is 5.86. The van der Waals surface area contributed by atoms with E-state index in [1.807, 2.05) is 0 Å². The molecule has 1 aliphatic heterocycles. The number of carbonyl (C=O) groups is 2. The van der Waals surface area contributed by atoms with E-state index in [-0.39, 0.29) is 15.6 Å². The number of rotatable bonds is 0. The van der Waals surface area contributed by atoms with Crippen LogP contribution >= 0.6 is 0 Å². The van der Waals surface area contributed by atoms with E-state index in [9.17, 15) is 29.4 Å². The van der Waals surface area contributed by atoms with Crippen LogP contribution in [-0.2, 0) is 9.59 Å². The molecule has 10 nitrogen and oxygen atoms in total. The number of hydrogen-bond donors (Lipinski definition) is 2. The average molecular weight is 308 g/mol. The smallest absolute Gasteiger partial charge is 0.379 e. The maximum Gasteiger partial charge on any atom is 0.399 e. The Bertz CT molecular complexity index is 911. The summed E-state index contributed by atoms with van der Waals surface area (Å²) in [5.74, 6) is -3.00. The first-order valence-corrected chi connectivity index (χ1v) is 5.99. The predicted molar refractivity (Wildman–Crippen MR) is 67.7 cm³/mol. The van der Waals surface area contributed by atoms with Crippen LogP contribution in [0.4, 0.5) is 0 Å². The van der Waals surface area contributed by atoms with Crippen molar-refractivity contribution < 1.29 is 29.5 Å². The molecule has 0 saturated heterocycles. The largest absolute Gasteiger partial charge is 0.399 e. The van der Waals surface area contributed by atoms with Gasteiger partial charge < -0.3 is 19.9 Å². The minimum Gasteiger partial charge on any atom is -0.379 e. The van der Waals surface area contributed by atoms with Gasteiger partial charge in [0.05, 0.1) is 10.9 Å². The molecule has 2 heterocycles. The number of aliphatic hydroxyl groups is 2. The zero-order valence-electron chi connectivity index (χ0n) is 10.7. The molecule has 2 atom stereocenters. The number of benzene rings is 1. The van der Waals surface area contributed by atoms with Crippen molar-refractivity contribution in [3.05, 3.63) is 45.1 Å². The highest BCUT2D eigenvalue weighted by Gasteiger charge is 2.37. The summed E-state index contributed by atoms with van der Waals surface area (Å²) in [7, 11) is 0. The molecule has 1 aromatic heterocycles. The van der Waals surface area contributed by atoms with Crippen LogP contribution in [0.25, 0.3) is 10.9 Å². The summed E-state index contributed by atoms with van der Waals surface area (Å²) in [6.45, 7) is 0. The van der Waals surface area contributed by atoms with Gasteiger partial charge in [-0.15, -0.1) is 4.73 Å². The van der Waals surface area contributed by atoms with E-state index in [0.29, 0.717) is 4.73 Å². The summed E-state index contributed by atoms with van der Waals surface area (Å²) in [4.78, 5) is 56.7. The lowest BCUT2D eigenvalue weighted by Crippen LogP contribution is -2.47. The van der Waals surface area contributed by atoms with Gasteiger partial charge in [0.25, 0.3) is 5.56 Å². The van der Waals surface area contributed by atoms with Gasteiger partial charge >= 0.3 is 17.6 Å². The zero-order valence-corrected chi connectivity index (χ0v) is 10.7. The summed E-state index contributed by atoms with van der Waals surface area (Å²) < 4.78 is 0.437. The van der Waals surface area contributed by atoms with Crippen LogP contribution in [-0.4, -0.2) is 43.8 Å². The molecule has 0 spiro atoms. The van der Waals surface area contributed by atoms with Crippen LogP contribution in [0.2, 0.25) is 0 Å². The molecule has 2 bridgehead atoms. The van der Waals surface area contributed by atoms with Gasteiger partial charge in [-0.05, 0) is 12.1 Å². The van der Waals surface area contributed by atoms with Gasteiger partial charge in [-0.25, -0.2) is 14.4 Å². The van der Waals surface area contributed by atoms with Crippen molar-refractivity contribution >= 4 is 22.8 Å². The van der Waals surface area contributed by atoms with Gasteiger partial charge in [0.2, 0.25) is 0 Å². The second-order valence-corrected chi connectivity index (χ2v) is 4.40. The fourth-order valence-corrected chi connectivity index (χ4v) is 1.93. The van der Waals surface area contributed by atoms with Gasteiger partial charge in [0.15, 0.2) is 12.2 Å². The Hall–Kier alpha value is -2.98. The fourth-order valence-electron chi connectivity index (χ4n) is 1.93. The lowest BCUT2D eigenvalue weighted by molar-refractivity contribution is -0.170. The molecule has 3 rings (SSSR count). The third-order valence-electron chi connectivity index (χ3n) is 3.03. The summed E-state index contributed by atoms with van der Waals surface area (Å²) >= 11 is 0. The third kappa shape index (κ3) is 1.89. The number of para-hydroxylation sites is 1. The average Bonchev–Trinajstić information content (AvgIpc) is 2.54. The molecule has 1 aliphatic rings. The van der Waals surface area contributed by atoms with Gasteiger partial charge in [-0.3, -0.25) is 4.79 Å². The van der Waals surface area contributed by atoms with Gasteiger partial charge in [0, 0.05) is 0 Å². The number of nitrogens with zero attached hydrogens (tertiary/aromatic N) is 2. The Balaban J connectivity index is 2.40. The van der Waals surface area contributed by atoms with E-state index in [1.54, 1.807) is 0 Å². The quantitative estimate of drug-likeness (QED) is 0.519. The van der Waals surface area contributed by atoms with E-state index >= 15 is 0 Å². The Labute approximate surface area is 120 Å². The maximum atomic E-state index is 12.1. The zero-order chi connectivity index (χ0) is 16.0. The van der Waals surface area contributed by atoms with E-state index in [4.69, 9.17) is 0 Å². The molecule has 0 fully saturated rings. The highest BCUT2D eigenvalue weighted by Crippen LogP contribution is 2.08. The van der Waals surface area contributed by atoms with Crippen molar-refractivity contribution in [3.8, 4) is 0 Å². The Morgan fingerprint density at radius 1 is 0.864 bits per heavy atom. The molecule has 2 unspecified atom stereocenters. The standard InChI is InChI=1S/C12H8N2O8/c15-7-8(16)11(19)22-14-9(17)5-3-1-2-4-6(5)13(12(14)20)21-10(7)18/h1-4,7-8,15-16H. The third-order valence-corrected chi connectivity index (χ3v) is 3.03. The molecular formula is C12H8N2O8. The SMILES string of the molecule is O=C1On2c(=O)c3ccccc3n(c2=O)OC(=O)C(O)C1O. The molecule has 0 aliphatic carbocycles. The summed E-state index contributed by atoms with van der Waals surface area (Å²) in [5, 5.41) is 18.9. The van der Waals surface area contributed by atoms with Crippen molar-refractivity contribution in [2.24, 2.45) is 0 Å². The predicted octanol–water partition coefficient (Wildman–Crippen LogP) is -3.19. The first kappa shape index (κ1) is 14.0. The molecule has 10 heteroatoms. The molecule has 2 aromatic rings. The second-order valence-electron chi connectivity index (χ2n) is 4.40. The normalized spacial score (nSPS) is 21.5. The fraction of sp³-hybridized carbons (Fsp3) is 0.167. The molecule has 0 amide bonds. The van der Waals surface area contributed by atoms with Crippen molar-refractivity contribution in [1.29, 1.82) is 0 Å². The summed E-state index contributed by atoms with van der Waals surface area (Å²) in [6.07, 6.45) is -4.58. The molecule has 1 aromatic carbocycles. The number of aliphatic hydroxyl groups excluding tert-OH is 2. The number of aromatic nitrogens is 2. The van der Waals surface area contributed by atoms with Crippen molar-refractivity contribution in [2.75, 3.05) is 0 Å². The van der Waals surface area contributed by atoms with Gasteiger partial charge in [0.1, 0.15) is 0 Å². The van der Waals surface area contributed by atoms with Crippen LogP contribution in [0.1, 0.15) is 0 Å². The first-order valence-electron chi connectivity index (χ1n) is 5.99. The minimum atomic E-state index is -2.31. The van der Waals surface area contributed by atoms with Crippen LogP contribution < -0.4 is 20.9 Å². The molecule has 2 N–H and O–H groups in total. The lowest BCUT2D eigenvalue weighted by atomic mass is 10.2. The monoisotopic (exact) mass is 308 g/mol. The van der Waals surface area contributed by atoms with Crippen LogP contribution in [0.3, 0.4) is 0 Å². The summed E-state index contributed by atoms with van der Waals surface area (Å²) in [5.41, 5.74) is -2.32. The van der Waals surface area contributed by atoms with E-state index in [2.05, 4.69) is 9.68 Å². The van der Waals surface area contributed by atoms with Crippen molar-refractivity contribution in [1.82, 2.24) is 9.46 Å². The number of hydrogen-bond acceptors (Lipinski definition) is 8. The van der Waals surface area contributed by atoms with Gasteiger partial charge in [-0.1, -0.05) is 16.9 Å². The van der Waals surface area contributed by atoms with E-state index < -0.39 is 35.4 Å². The summed E-state index contributed by atoms with van der Waals surface area (Å²) in [6, 6.07) is 5.59. The number of fused-ring (bicyclic) bond motifs is 4. The second kappa shape index (κ2) is 4.79. The molecule has 114 valence electrons. The lowest BCUT2D eigenvalue weighted by Gasteiger charge is -2.12. The topological polar surface area (TPSA) is 137 Å². The molecule has 22 heavy (non-hydrogen) atoms. The molecule has 0 saturated carbocycles. The minimum absolute atomic E-state index is 0.0409. The van der Waals surface area contributed by atoms with Crippen LogP contribution in [0, 0.1) is 0 Å². The highest BCUT2D eigenvalue weighted by atomic mass is 16.7. The van der Waals surface area contributed by atoms with E-state index in [0.717, 1.165) is 0 Å². The van der Waals surface area contributed by atoms with Crippen molar-refractivity contribution in [3.63, 3.8) is 0 Å². The van der Waals surface area contributed by atoms with Crippen LogP contribution in [0.15, 0.2) is 33.9 Å². The van der Waals surface area contributed by atoms with E-state index in [1.165, 1.54) is 24.3 Å². The Morgan fingerprint density at radius 2 is 1.41 bits per heavy atom. The van der Waals surface area contributed by atoms with Crippen LogP contribution in [0.5, 0.6) is 0 Å². The Morgan fingerprint density at radius 3 is 2.05 bits per heavy atom. The first-order chi connectivity index (χ1) is 10.4. The molecule has 0 radical (unpaired) electrons. The van der Waals surface area contributed by atoms with Crippen molar-refractivity contribution in [2.45, 2.75) is 12.2 Å². The van der Waals surface area contributed by atoms with Gasteiger partial charge in [-0.2, -0.15) is 0 Å².